The lowest BCUT2D eigenvalue weighted by molar-refractivity contribution is 0.992. The van der Waals surface area contributed by atoms with Gasteiger partial charge in [-0.2, -0.15) is 5.26 Å². The van der Waals surface area contributed by atoms with Crippen molar-refractivity contribution in [1.82, 2.24) is 19.9 Å². The van der Waals surface area contributed by atoms with Gasteiger partial charge in [-0.3, -0.25) is 9.97 Å². The van der Waals surface area contributed by atoms with Gasteiger partial charge in [-0.15, -0.1) is 0 Å². The SMILES string of the molecule is N#Cc1c(N)ncnc1NCCc1cnc2c(Cl)cccc2c1-c1ccccn1. The molecule has 0 fully saturated rings. The number of nitrogen functional groups attached to an aromatic ring is 1. The Morgan fingerprint density at radius 1 is 1.07 bits per heavy atom. The minimum absolute atomic E-state index is 0.154. The smallest absolute Gasteiger partial charge is 0.149 e. The molecule has 0 radical (unpaired) electrons. The van der Waals surface area contributed by atoms with Crippen LogP contribution in [0.2, 0.25) is 5.02 Å². The minimum Gasteiger partial charge on any atom is -0.382 e. The molecule has 3 N–H and O–H groups in total. The zero-order chi connectivity index (χ0) is 20.2. The number of fused-ring (bicyclic) bond motifs is 1. The third-order valence-electron chi connectivity index (χ3n) is 4.52. The topological polar surface area (TPSA) is 113 Å². The van der Waals surface area contributed by atoms with Crippen LogP contribution in [0.15, 0.2) is 55.1 Å². The van der Waals surface area contributed by atoms with Gasteiger partial charge >= 0.3 is 0 Å². The number of pyridine rings is 2. The van der Waals surface area contributed by atoms with Crippen LogP contribution >= 0.6 is 11.6 Å². The number of nitriles is 1. The predicted molar refractivity (Wildman–Crippen MR) is 113 cm³/mol. The molecule has 0 aliphatic rings. The second kappa shape index (κ2) is 8.09. The number of para-hydroxylation sites is 1. The third-order valence-corrected chi connectivity index (χ3v) is 4.83. The molecule has 7 nitrogen and oxygen atoms in total. The van der Waals surface area contributed by atoms with Crippen LogP contribution in [-0.2, 0) is 6.42 Å². The van der Waals surface area contributed by atoms with Gasteiger partial charge in [-0.05, 0) is 30.2 Å². The quantitative estimate of drug-likeness (QED) is 0.522. The van der Waals surface area contributed by atoms with Gasteiger partial charge in [0.2, 0.25) is 0 Å². The van der Waals surface area contributed by atoms with Crippen LogP contribution < -0.4 is 11.1 Å². The highest BCUT2D eigenvalue weighted by Gasteiger charge is 2.14. The van der Waals surface area contributed by atoms with Crippen molar-refractivity contribution >= 4 is 34.1 Å². The van der Waals surface area contributed by atoms with E-state index in [1.54, 1.807) is 6.20 Å². The van der Waals surface area contributed by atoms with Crippen LogP contribution in [0.4, 0.5) is 11.6 Å². The summed E-state index contributed by atoms with van der Waals surface area (Å²) in [6.07, 6.45) is 5.55. The van der Waals surface area contributed by atoms with Crippen molar-refractivity contribution in [3.05, 3.63) is 71.3 Å². The van der Waals surface area contributed by atoms with Crippen molar-refractivity contribution in [2.45, 2.75) is 6.42 Å². The zero-order valence-electron chi connectivity index (χ0n) is 15.3. The molecular formula is C21H16ClN7. The molecule has 3 aromatic heterocycles. The highest BCUT2D eigenvalue weighted by Crippen LogP contribution is 2.33. The molecule has 4 aromatic rings. The van der Waals surface area contributed by atoms with E-state index in [1.807, 2.05) is 48.7 Å². The van der Waals surface area contributed by atoms with Gasteiger partial charge in [0.1, 0.15) is 29.6 Å². The second-order valence-corrected chi connectivity index (χ2v) is 6.69. The van der Waals surface area contributed by atoms with E-state index in [2.05, 4.69) is 25.3 Å². The van der Waals surface area contributed by atoms with Gasteiger partial charge in [-0.25, -0.2) is 9.97 Å². The van der Waals surface area contributed by atoms with E-state index in [9.17, 15) is 5.26 Å². The lowest BCUT2D eigenvalue weighted by Gasteiger charge is -2.14. The summed E-state index contributed by atoms with van der Waals surface area (Å²) < 4.78 is 0. The van der Waals surface area contributed by atoms with E-state index < -0.39 is 0 Å². The number of nitrogens with zero attached hydrogens (tertiary/aromatic N) is 5. The molecule has 0 aliphatic heterocycles. The Kier molecular flexibility index (Phi) is 5.18. The fourth-order valence-electron chi connectivity index (χ4n) is 3.19. The van der Waals surface area contributed by atoms with Crippen molar-refractivity contribution in [3.63, 3.8) is 0 Å². The molecule has 0 aliphatic carbocycles. The second-order valence-electron chi connectivity index (χ2n) is 6.28. The Hall–Kier alpha value is -3.76. The van der Waals surface area contributed by atoms with Crippen LogP contribution in [0, 0.1) is 11.3 Å². The normalized spacial score (nSPS) is 10.6. The Morgan fingerprint density at radius 3 is 2.76 bits per heavy atom. The highest BCUT2D eigenvalue weighted by molar-refractivity contribution is 6.35. The van der Waals surface area contributed by atoms with Crippen LogP contribution in [0.3, 0.4) is 0 Å². The summed E-state index contributed by atoms with van der Waals surface area (Å²) in [7, 11) is 0. The first-order valence-corrected chi connectivity index (χ1v) is 9.28. The first kappa shape index (κ1) is 18.6. The summed E-state index contributed by atoms with van der Waals surface area (Å²) in [5, 5.41) is 14.0. The summed E-state index contributed by atoms with van der Waals surface area (Å²) in [5.74, 6) is 0.567. The molecule has 29 heavy (non-hydrogen) atoms. The predicted octanol–water partition coefficient (Wildman–Crippen LogP) is 3.85. The Morgan fingerprint density at radius 2 is 1.97 bits per heavy atom. The van der Waals surface area contributed by atoms with E-state index in [4.69, 9.17) is 17.3 Å². The standard InChI is InChI=1S/C21H16ClN7/c22-16-5-3-4-14-18(17-6-1-2-8-25-17)13(11-27-19(14)16)7-9-26-21-15(10-23)20(24)28-12-29-21/h1-6,8,11-12H,7,9H2,(H3,24,26,28,29). The van der Waals surface area contributed by atoms with E-state index in [-0.39, 0.29) is 11.4 Å². The van der Waals surface area contributed by atoms with Crippen molar-refractivity contribution in [3.8, 4) is 17.3 Å². The van der Waals surface area contributed by atoms with Crippen molar-refractivity contribution < 1.29 is 0 Å². The van der Waals surface area contributed by atoms with E-state index in [1.165, 1.54) is 6.33 Å². The maximum Gasteiger partial charge on any atom is 0.149 e. The molecule has 0 bridgehead atoms. The number of nitrogens with one attached hydrogen (secondary N) is 1. The number of anilines is 2. The summed E-state index contributed by atoms with van der Waals surface area (Å²) in [6, 6.07) is 13.5. The number of aromatic nitrogens is 4. The maximum atomic E-state index is 9.27. The molecule has 142 valence electrons. The van der Waals surface area contributed by atoms with E-state index >= 15 is 0 Å². The molecule has 8 heteroatoms. The Labute approximate surface area is 172 Å². The summed E-state index contributed by atoms with van der Waals surface area (Å²) in [6.45, 7) is 0.527. The van der Waals surface area contributed by atoms with Gasteiger partial charge in [0, 0.05) is 29.9 Å². The molecule has 1 aromatic carbocycles. The maximum absolute atomic E-state index is 9.27. The Balaban J connectivity index is 1.70. The van der Waals surface area contributed by atoms with Crippen molar-refractivity contribution in [2.24, 2.45) is 0 Å². The van der Waals surface area contributed by atoms with Crippen LogP contribution in [0.25, 0.3) is 22.2 Å². The average Bonchev–Trinajstić information content (AvgIpc) is 2.74. The van der Waals surface area contributed by atoms with Crippen LogP contribution in [-0.4, -0.2) is 26.5 Å². The van der Waals surface area contributed by atoms with Gasteiger partial charge in [0.25, 0.3) is 0 Å². The third kappa shape index (κ3) is 3.66. The highest BCUT2D eigenvalue weighted by atomic mass is 35.5. The first-order valence-electron chi connectivity index (χ1n) is 8.91. The summed E-state index contributed by atoms with van der Waals surface area (Å²) in [4.78, 5) is 17.0. The van der Waals surface area contributed by atoms with Gasteiger partial charge < -0.3 is 11.1 Å². The number of benzene rings is 1. The van der Waals surface area contributed by atoms with E-state index in [0.29, 0.717) is 23.8 Å². The Bertz CT molecular complexity index is 1220. The average molecular weight is 402 g/mol. The molecule has 4 rings (SSSR count). The summed E-state index contributed by atoms with van der Waals surface area (Å²) in [5.41, 5.74) is 9.56. The molecule has 0 spiro atoms. The number of hydrogen-bond donors (Lipinski definition) is 2. The molecule has 0 atom stereocenters. The lowest BCUT2D eigenvalue weighted by Crippen LogP contribution is -2.11. The van der Waals surface area contributed by atoms with Gasteiger partial charge in [-0.1, -0.05) is 29.8 Å². The number of halogens is 1. The van der Waals surface area contributed by atoms with Gasteiger partial charge in [0.15, 0.2) is 0 Å². The molecule has 0 saturated carbocycles. The fourth-order valence-corrected chi connectivity index (χ4v) is 3.41. The molecule has 0 saturated heterocycles. The van der Waals surface area contributed by atoms with Crippen LogP contribution in [0.5, 0.6) is 0 Å². The van der Waals surface area contributed by atoms with Gasteiger partial charge in [0.05, 0.1) is 16.2 Å². The zero-order valence-corrected chi connectivity index (χ0v) is 16.1. The molecule has 0 unspecified atom stereocenters. The van der Waals surface area contributed by atoms with Crippen molar-refractivity contribution in [2.75, 3.05) is 17.6 Å². The number of nitrogens with two attached hydrogens (primary N) is 1. The molecule has 0 amide bonds. The molecular weight excluding hydrogens is 386 g/mol. The minimum atomic E-state index is 0.154. The number of rotatable bonds is 5. The summed E-state index contributed by atoms with van der Waals surface area (Å²) >= 11 is 6.35. The fraction of sp³-hybridized carbons (Fsp3) is 0.0952. The van der Waals surface area contributed by atoms with Crippen LogP contribution in [0.1, 0.15) is 11.1 Å². The molecule has 3 heterocycles. The number of hydrogen-bond acceptors (Lipinski definition) is 7. The monoisotopic (exact) mass is 401 g/mol. The lowest BCUT2D eigenvalue weighted by atomic mass is 9.98. The first-order chi connectivity index (χ1) is 14.2. The van der Waals surface area contributed by atoms with Crippen molar-refractivity contribution in [1.29, 1.82) is 5.26 Å². The van der Waals surface area contributed by atoms with E-state index in [0.717, 1.165) is 27.7 Å². The largest absolute Gasteiger partial charge is 0.382 e.